The van der Waals surface area contributed by atoms with Crippen LogP contribution < -0.4 is 0 Å². The average molecular weight is 182 g/mol. The monoisotopic (exact) mass is 182 g/mol. The standard InChI is InChI=1S/C9H10O4/c1-4-5-12-8(10)9(11)13-6-7(2)3/h1H,2,5-6H2,3H3. The Morgan fingerprint density at radius 1 is 1.38 bits per heavy atom. The lowest BCUT2D eigenvalue weighted by molar-refractivity contribution is -0.166. The Morgan fingerprint density at radius 3 is 2.38 bits per heavy atom. The molecule has 0 rings (SSSR count). The van der Waals surface area contributed by atoms with Crippen LogP contribution in [0.3, 0.4) is 0 Å². The molecule has 4 heteroatoms. The van der Waals surface area contributed by atoms with Crippen LogP contribution in [-0.2, 0) is 19.1 Å². The van der Waals surface area contributed by atoms with Crippen molar-refractivity contribution in [2.24, 2.45) is 0 Å². The van der Waals surface area contributed by atoms with Gasteiger partial charge in [-0.05, 0) is 12.5 Å². The van der Waals surface area contributed by atoms with Gasteiger partial charge in [-0.15, -0.1) is 6.42 Å². The number of esters is 2. The first kappa shape index (κ1) is 11.2. The fourth-order valence-corrected chi connectivity index (χ4v) is 0.414. The molecule has 0 bridgehead atoms. The van der Waals surface area contributed by atoms with E-state index in [4.69, 9.17) is 6.42 Å². The highest BCUT2D eigenvalue weighted by Gasteiger charge is 2.16. The molecule has 0 heterocycles. The quantitative estimate of drug-likeness (QED) is 0.272. The normalized spacial score (nSPS) is 8.31. The Hall–Kier alpha value is -1.76. The Kier molecular flexibility index (Phi) is 5.05. The third kappa shape index (κ3) is 5.50. The van der Waals surface area contributed by atoms with E-state index >= 15 is 0 Å². The maximum Gasteiger partial charge on any atom is 0.418 e. The number of rotatable bonds is 3. The van der Waals surface area contributed by atoms with Gasteiger partial charge in [0.05, 0.1) is 0 Å². The fraction of sp³-hybridized carbons (Fsp3) is 0.333. The molecule has 0 atom stereocenters. The summed E-state index contributed by atoms with van der Waals surface area (Å²) in [5.41, 5.74) is 0.637. The van der Waals surface area contributed by atoms with E-state index in [0.717, 1.165) is 0 Å². The molecule has 0 aliphatic rings. The van der Waals surface area contributed by atoms with Crippen LogP contribution in [0.5, 0.6) is 0 Å². The van der Waals surface area contributed by atoms with Crippen LogP contribution >= 0.6 is 0 Å². The van der Waals surface area contributed by atoms with E-state index in [1.54, 1.807) is 6.92 Å². The lowest BCUT2D eigenvalue weighted by Crippen LogP contribution is -2.21. The summed E-state index contributed by atoms with van der Waals surface area (Å²) in [6, 6.07) is 0. The number of hydrogen-bond acceptors (Lipinski definition) is 4. The van der Waals surface area contributed by atoms with Crippen molar-refractivity contribution in [2.45, 2.75) is 6.92 Å². The Morgan fingerprint density at radius 2 is 1.92 bits per heavy atom. The molecule has 0 aliphatic heterocycles. The minimum atomic E-state index is -1.08. The van der Waals surface area contributed by atoms with Gasteiger partial charge in [0.25, 0.3) is 0 Å². The summed E-state index contributed by atoms with van der Waals surface area (Å²) in [6.45, 7) is 4.92. The molecule has 0 amide bonds. The van der Waals surface area contributed by atoms with Crippen LogP contribution in [0.1, 0.15) is 6.92 Å². The molecule has 0 aromatic rings. The smallest absolute Gasteiger partial charge is 0.418 e. The van der Waals surface area contributed by atoms with Crippen molar-refractivity contribution in [1.29, 1.82) is 0 Å². The van der Waals surface area contributed by atoms with Crippen molar-refractivity contribution < 1.29 is 19.1 Å². The zero-order valence-corrected chi connectivity index (χ0v) is 7.33. The Labute approximate surface area is 76.5 Å². The Balaban J connectivity index is 3.78. The number of ether oxygens (including phenoxy) is 2. The summed E-state index contributed by atoms with van der Waals surface area (Å²) in [7, 11) is 0. The topological polar surface area (TPSA) is 52.6 Å². The van der Waals surface area contributed by atoms with E-state index in [1.165, 1.54) is 0 Å². The maximum absolute atomic E-state index is 10.7. The van der Waals surface area contributed by atoms with Crippen molar-refractivity contribution >= 4 is 11.9 Å². The summed E-state index contributed by atoms with van der Waals surface area (Å²) in [6.07, 6.45) is 4.81. The van der Waals surface area contributed by atoms with Gasteiger partial charge in [-0.3, -0.25) is 0 Å². The fourth-order valence-electron chi connectivity index (χ4n) is 0.414. The first-order valence-electron chi connectivity index (χ1n) is 3.49. The van der Waals surface area contributed by atoms with Gasteiger partial charge in [0.1, 0.15) is 6.61 Å². The molecule has 0 fully saturated rings. The largest absolute Gasteiger partial charge is 0.453 e. The van der Waals surface area contributed by atoms with Gasteiger partial charge in [-0.2, -0.15) is 0 Å². The van der Waals surface area contributed by atoms with Crippen molar-refractivity contribution in [1.82, 2.24) is 0 Å². The molecular formula is C9H10O4. The molecule has 4 nitrogen and oxygen atoms in total. The summed E-state index contributed by atoms with van der Waals surface area (Å²) in [5, 5.41) is 0. The number of carbonyl (C=O) groups is 2. The van der Waals surface area contributed by atoms with Gasteiger partial charge < -0.3 is 9.47 Å². The highest BCUT2D eigenvalue weighted by molar-refractivity contribution is 6.29. The molecule has 0 unspecified atom stereocenters. The minimum Gasteiger partial charge on any atom is -0.453 e. The molecular weight excluding hydrogens is 172 g/mol. The molecule has 0 aromatic heterocycles. The second kappa shape index (κ2) is 5.84. The van der Waals surface area contributed by atoms with Gasteiger partial charge in [0.2, 0.25) is 0 Å². The molecule has 13 heavy (non-hydrogen) atoms. The maximum atomic E-state index is 10.7. The molecule has 0 aromatic carbocycles. The van der Waals surface area contributed by atoms with E-state index in [-0.39, 0.29) is 13.2 Å². The second-order valence-electron chi connectivity index (χ2n) is 2.31. The predicted molar refractivity (Wildman–Crippen MR) is 45.6 cm³/mol. The third-order valence-corrected chi connectivity index (χ3v) is 0.903. The van der Waals surface area contributed by atoms with Crippen molar-refractivity contribution in [2.75, 3.05) is 13.2 Å². The average Bonchev–Trinajstić information content (AvgIpc) is 2.10. The Bertz CT molecular complexity index is 259. The van der Waals surface area contributed by atoms with Crippen LogP contribution in [0.2, 0.25) is 0 Å². The molecule has 0 spiro atoms. The van der Waals surface area contributed by atoms with Gasteiger partial charge in [0.15, 0.2) is 6.61 Å². The molecule has 0 N–H and O–H groups in total. The molecule has 0 saturated heterocycles. The highest BCUT2D eigenvalue weighted by atomic mass is 16.6. The van der Waals surface area contributed by atoms with Crippen molar-refractivity contribution in [3.05, 3.63) is 12.2 Å². The van der Waals surface area contributed by atoms with E-state index in [9.17, 15) is 9.59 Å². The van der Waals surface area contributed by atoms with E-state index in [2.05, 4.69) is 16.1 Å². The summed E-state index contributed by atoms with van der Waals surface area (Å²) < 4.78 is 8.79. The summed E-state index contributed by atoms with van der Waals surface area (Å²) in [4.78, 5) is 21.4. The van der Waals surface area contributed by atoms with Crippen molar-refractivity contribution in [3.63, 3.8) is 0 Å². The highest BCUT2D eigenvalue weighted by Crippen LogP contribution is 1.90. The third-order valence-electron chi connectivity index (χ3n) is 0.903. The molecule has 70 valence electrons. The van der Waals surface area contributed by atoms with Gasteiger partial charge in [-0.25, -0.2) is 9.59 Å². The van der Waals surface area contributed by atoms with Crippen LogP contribution in [0.25, 0.3) is 0 Å². The van der Waals surface area contributed by atoms with E-state index in [1.807, 2.05) is 5.92 Å². The minimum absolute atomic E-state index is 0.00396. The first-order valence-corrected chi connectivity index (χ1v) is 3.49. The van der Waals surface area contributed by atoms with Gasteiger partial charge in [0, 0.05) is 0 Å². The predicted octanol–water partition coefficient (Wildman–Crippen LogP) is 0.282. The van der Waals surface area contributed by atoms with Crippen LogP contribution in [0.4, 0.5) is 0 Å². The zero-order valence-electron chi connectivity index (χ0n) is 7.33. The van der Waals surface area contributed by atoms with Crippen LogP contribution in [0, 0.1) is 12.3 Å². The number of hydrogen-bond donors (Lipinski definition) is 0. The summed E-state index contributed by atoms with van der Waals surface area (Å²) in [5.74, 6) is -0.0913. The summed E-state index contributed by atoms with van der Waals surface area (Å²) >= 11 is 0. The molecule has 0 radical (unpaired) electrons. The van der Waals surface area contributed by atoms with Gasteiger partial charge >= 0.3 is 11.9 Å². The molecule has 0 aliphatic carbocycles. The lowest BCUT2D eigenvalue weighted by Gasteiger charge is -2.02. The first-order chi connectivity index (χ1) is 6.07. The van der Waals surface area contributed by atoms with Crippen molar-refractivity contribution in [3.8, 4) is 12.3 Å². The van der Waals surface area contributed by atoms with Crippen LogP contribution in [0.15, 0.2) is 12.2 Å². The second-order valence-corrected chi connectivity index (χ2v) is 2.31. The van der Waals surface area contributed by atoms with Gasteiger partial charge in [-0.1, -0.05) is 12.5 Å². The van der Waals surface area contributed by atoms with E-state index < -0.39 is 11.9 Å². The molecule has 0 saturated carbocycles. The zero-order chi connectivity index (χ0) is 10.3. The van der Waals surface area contributed by atoms with E-state index in [0.29, 0.717) is 5.57 Å². The lowest BCUT2D eigenvalue weighted by atomic mass is 10.4. The SMILES string of the molecule is C#CCOC(=O)C(=O)OCC(=C)C. The number of carbonyl (C=O) groups excluding carboxylic acids is 2. The number of terminal acetylenes is 1. The van der Waals surface area contributed by atoms with Crippen LogP contribution in [-0.4, -0.2) is 25.2 Å².